The van der Waals surface area contributed by atoms with E-state index in [0.717, 1.165) is 23.5 Å². The zero-order valence-corrected chi connectivity index (χ0v) is 9.80. The molecule has 0 saturated carbocycles. The quantitative estimate of drug-likeness (QED) is 0.815. The Kier molecular flexibility index (Phi) is 4.42. The molecule has 1 rings (SSSR count). The Labute approximate surface area is 89.5 Å². The van der Waals surface area contributed by atoms with Crippen LogP contribution in [0.5, 0.6) is 5.75 Å². The van der Waals surface area contributed by atoms with Crippen molar-refractivity contribution in [3.05, 3.63) is 16.3 Å². The molecule has 0 aliphatic rings. The highest BCUT2D eigenvalue weighted by atomic mass is 32.1. The molecule has 0 bridgehead atoms. The van der Waals surface area contributed by atoms with E-state index in [1.54, 1.807) is 18.4 Å². The third-order valence-electron chi connectivity index (χ3n) is 2.41. The molecule has 0 fully saturated rings. The van der Waals surface area contributed by atoms with Crippen molar-refractivity contribution in [3.63, 3.8) is 0 Å². The molecule has 1 aromatic rings. The van der Waals surface area contributed by atoms with Gasteiger partial charge in [-0.15, -0.1) is 11.3 Å². The minimum absolute atomic E-state index is 0.323. The van der Waals surface area contributed by atoms with Crippen LogP contribution in [-0.2, 0) is 0 Å². The van der Waals surface area contributed by atoms with E-state index in [0.29, 0.717) is 5.92 Å². The standard InChI is InChI=1S/C11H18O2S/c1-4-5-8(2)11(12)10-6-9(13-3)7-14-10/h6-8,11-12H,4-5H2,1-3H3. The van der Waals surface area contributed by atoms with Crippen molar-refractivity contribution in [2.24, 2.45) is 5.92 Å². The van der Waals surface area contributed by atoms with Crippen molar-refractivity contribution in [3.8, 4) is 5.75 Å². The molecule has 2 atom stereocenters. The van der Waals surface area contributed by atoms with Gasteiger partial charge >= 0.3 is 0 Å². The van der Waals surface area contributed by atoms with E-state index in [9.17, 15) is 5.11 Å². The van der Waals surface area contributed by atoms with Crippen molar-refractivity contribution in [2.75, 3.05) is 7.11 Å². The summed E-state index contributed by atoms with van der Waals surface area (Å²) in [6.07, 6.45) is 1.83. The molecule has 0 aromatic carbocycles. The largest absolute Gasteiger partial charge is 0.496 e. The highest BCUT2D eigenvalue weighted by Gasteiger charge is 2.17. The second kappa shape index (κ2) is 5.37. The fourth-order valence-electron chi connectivity index (χ4n) is 1.49. The SMILES string of the molecule is CCCC(C)C(O)c1cc(OC)cs1. The lowest BCUT2D eigenvalue weighted by molar-refractivity contribution is 0.115. The molecule has 0 aliphatic heterocycles. The van der Waals surface area contributed by atoms with Crippen molar-refractivity contribution in [1.29, 1.82) is 0 Å². The summed E-state index contributed by atoms with van der Waals surface area (Å²) in [6.45, 7) is 4.22. The lowest BCUT2D eigenvalue weighted by Crippen LogP contribution is -2.07. The number of thiophene rings is 1. The van der Waals surface area contributed by atoms with Gasteiger partial charge in [-0.2, -0.15) is 0 Å². The Hall–Kier alpha value is -0.540. The first-order chi connectivity index (χ1) is 6.69. The maximum Gasteiger partial charge on any atom is 0.129 e. The number of hydrogen-bond acceptors (Lipinski definition) is 3. The Morgan fingerprint density at radius 2 is 2.29 bits per heavy atom. The monoisotopic (exact) mass is 214 g/mol. The van der Waals surface area contributed by atoms with E-state index in [1.165, 1.54) is 0 Å². The van der Waals surface area contributed by atoms with Gasteiger partial charge in [-0.05, 0) is 18.4 Å². The fraction of sp³-hybridized carbons (Fsp3) is 0.636. The predicted molar refractivity (Wildman–Crippen MR) is 59.9 cm³/mol. The van der Waals surface area contributed by atoms with Crippen molar-refractivity contribution in [2.45, 2.75) is 32.8 Å². The van der Waals surface area contributed by atoms with Crippen LogP contribution >= 0.6 is 11.3 Å². The molecule has 0 radical (unpaired) electrons. The normalized spacial score (nSPS) is 15.1. The Morgan fingerprint density at radius 3 is 2.79 bits per heavy atom. The Bertz CT molecular complexity index is 270. The molecular weight excluding hydrogens is 196 g/mol. The number of aliphatic hydroxyl groups excluding tert-OH is 1. The van der Waals surface area contributed by atoms with Crippen LogP contribution in [0, 0.1) is 5.92 Å². The summed E-state index contributed by atoms with van der Waals surface area (Å²) in [4.78, 5) is 1.00. The molecule has 1 N–H and O–H groups in total. The summed E-state index contributed by atoms with van der Waals surface area (Å²) < 4.78 is 5.08. The zero-order chi connectivity index (χ0) is 10.6. The minimum Gasteiger partial charge on any atom is -0.496 e. The molecule has 0 spiro atoms. The molecule has 2 nitrogen and oxygen atoms in total. The Morgan fingerprint density at radius 1 is 1.57 bits per heavy atom. The van der Waals surface area contributed by atoms with E-state index < -0.39 is 0 Å². The van der Waals surface area contributed by atoms with Gasteiger partial charge in [-0.3, -0.25) is 0 Å². The van der Waals surface area contributed by atoms with Crippen molar-refractivity contribution >= 4 is 11.3 Å². The average molecular weight is 214 g/mol. The van der Waals surface area contributed by atoms with Crippen LogP contribution in [0.25, 0.3) is 0 Å². The topological polar surface area (TPSA) is 29.5 Å². The van der Waals surface area contributed by atoms with Crippen LogP contribution in [-0.4, -0.2) is 12.2 Å². The number of methoxy groups -OCH3 is 1. The van der Waals surface area contributed by atoms with Crippen molar-refractivity contribution < 1.29 is 9.84 Å². The minimum atomic E-state index is -0.344. The first-order valence-corrected chi connectivity index (χ1v) is 5.87. The highest BCUT2D eigenvalue weighted by molar-refractivity contribution is 7.10. The number of hydrogen-bond donors (Lipinski definition) is 1. The molecule has 80 valence electrons. The van der Waals surface area contributed by atoms with Gasteiger partial charge in [-0.1, -0.05) is 20.3 Å². The van der Waals surface area contributed by atoms with Crippen LogP contribution in [0.1, 0.15) is 37.7 Å². The summed E-state index contributed by atoms with van der Waals surface area (Å²) in [6, 6.07) is 1.92. The first-order valence-electron chi connectivity index (χ1n) is 4.99. The van der Waals surface area contributed by atoms with Gasteiger partial charge in [0, 0.05) is 10.3 Å². The maximum absolute atomic E-state index is 9.98. The van der Waals surface area contributed by atoms with Crippen LogP contribution in [0.3, 0.4) is 0 Å². The smallest absolute Gasteiger partial charge is 0.129 e. The lowest BCUT2D eigenvalue weighted by Gasteiger charge is -2.16. The van der Waals surface area contributed by atoms with Gasteiger partial charge in [-0.25, -0.2) is 0 Å². The third-order valence-corrected chi connectivity index (χ3v) is 3.39. The van der Waals surface area contributed by atoms with E-state index in [-0.39, 0.29) is 6.10 Å². The van der Waals surface area contributed by atoms with Gasteiger partial charge in [0.1, 0.15) is 5.75 Å². The van der Waals surface area contributed by atoms with Gasteiger partial charge in [0.2, 0.25) is 0 Å². The molecule has 0 amide bonds. The van der Waals surface area contributed by atoms with Crippen LogP contribution in [0.15, 0.2) is 11.4 Å². The fourth-order valence-corrected chi connectivity index (χ4v) is 2.46. The second-order valence-electron chi connectivity index (χ2n) is 3.60. The predicted octanol–water partition coefficient (Wildman–Crippen LogP) is 3.23. The summed E-state index contributed by atoms with van der Waals surface area (Å²) in [5, 5.41) is 11.9. The van der Waals surface area contributed by atoms with Gasteiger partial charge in [0.15, 0.2) is 0 Å². The molecule has 2 unspecified atom stereocenters. The zero-order valence-electron chi connectivity index (χ0n) is 8.99. The van der Waals surface area contributed by atoms with Crippen molar-refractivity contribution in [1.82, 2.24) is 0 Å². The van der Waals surface area contributed by atoms with E-state index in [2.05, 4.69) is 13.8 Å². The molecule has 1 heterocycles. The Balaban J connectivity index is 2.63. The van der Waals surface area contributed by atoms with Gasteiger partial charge in [0.05, 0.1) is 13.2 Å². The second-order valence-corrected chi connectivity index (χ2v) is 4.54. The molecule has 1 aromatic heterocycles. The molecular formula is C11H18O2S. The molecule has 0 saturated heterocycles. The molecule has 14 heavy (non-hydrogen) atoms. The lowest BCUT2D eigenvalue weighted by atomic mass is 9.98. The molecule has 3 heteroatoms. The van der Waals surface area contributed by atoms with Crippen LogP contribution < -0.4 is 4.74 Å². The number of rotatable bonds is 5. The van der Waals surface area contributed by atoms with Crippen LogP contribution in [0.4, 0.5) is 0 Å². The highest BCUT2D eigenvalue weighted by Crippen LogP contribution is 2.32. The third kappa shape index (κ3) is 2.72. The average Bonchev–Trinajstić information content (AvgIpc) is 2.65. The van der Waals surface area contributed by atoms with E-state index in [4.69, 9.17) is 4.74 Å². The van der Waals surface area contributed by atoms with E-state index in [1.807, 2.05) is 11.4 Å². The number of ether oxygens (including phenoxy) is 1. The van der Waals surface area contributed by atoms with Crippen LogP contribution in [0.2, 0.25) is 0 Å². The summed E-state index contributed by atoms with van der Waals surface area (Å²) in [5.74, 6) is 1.16. The van der Waals surface area contributed by atoms with Gasteiger partial charge < -0.3 is 9.84 Å². The molecule has 0 aliphatic carbocycles. The first kappa shape index (κ1) is 11.5. The summed E-state index contributed by atoms with van der Waals surface area (Å²) in [5.41, 5.74) is 0. The number of aliphatic hydroxyl groups is 1. The maximum atomic E-state index is 9.98. The summed E-state index contributed by atoms with van der Waals surface area (Å²) in [7, 11) is 1.65. The summed E-state index contributed by atoms with van der Waals surface area (Å²) >= 11 is 1.56. The van der Waals surface area contributed by atoms with E-state index >= 15 is 0 Å². The van der Waals surface area contributed by atoms with Gasteiger partial charge in [0.25, 0.3) is 0 Å².